The van der Waals surface area contributed by atoms with Crippen molar-refractivity contribution < 1.29 is 4.39 Å². The van der Waals surface area contributed by atoms with Crippen LogP contribution in [0.3, 0.4) is 0 Å². The maximum atomic E-state index is 13.0. The normalized spacial score (nSPS) is 12.5. The molecule has 0 bridgehead atoms. The molecule has 1 heterocycles. The van der Waals surface area contributed by atoms with E-state index in [1.165, 1.54) is 12.1 Å². The van der Waals surface area contributed by atoms with E-state index < -0.39 is 0 Å². The van der Waals surface area contributed by atoms with Crippen molar-refractivity contribution in [3.63, 3.8) is 0 Å². The van der Waals surface area contributed by atoms with Gasteiger partial charge in [-0.05, 0) is 48.0 Å². The molecule has 0 spiro atoms. The third kappa shape index (κ3) is 2.70. The monoisotopic (exact) mass is 328 g/mol. The minimum absolute atomic E-state index is 0.129. The van der Waals surface area contributed by atoms with Crippen LogP contribution in [0.4, 0.5) is 4.39 Å². The molecule has 2 aromatic rings. The molecule has 0 aliphatic carbocycles. The molecule has 94 valence electrons. The van der Waals surface area contributed by atoms with Gasteiger partial charge in [-0.2, -0.15) is 0 Å². The first-order valence-electron chi connectivity index (χ1n) is 5.42. The van der Waals surface area contributed by atoms with Gasteiger partial charge in [0, 0.05) is 27.5 Å². The molecule has 0 fully saturated rings. The molecule has 0 amide bonds. The number of aryl methyl sites for hydroxylation is 1. The van der Waals surface area contributed by atoms with Gasteiger partial charge < -0.3 is 0 Å². The number of alkyl halides is 1. The minimum atomic E-state index is -0.298. The lowest BCUT2D eigenvalue weighted by molar-refractivity contribution is 0.627. The Labute approximate surface area is 118 Å². The van der Waals surface area contributed by atoms with Gasteiger partial charge in [0.15, 0.2) is 5.82 Å². The Balaban J connectivity index is 2.49. The van der Waals surface area contributed by atoms with E-state index >= 15 is 0 Å². The summed E-state index contributed by atoms with van der Waals surface area (Å²) < 4.78 is 13.7. The van der Waals surface area contributed by atoms with Crippen LogP contribution in [0, 0.1) is 12.7 Å². The van der Waals surface area contributed by atoms with Crippen LogP contribution < -0.4 is 0 Å². The van der Waals surface area contributed by atoms with Crippen molar-refractivity contribution in [2.45, 2.75) is 19.2 Å². The molecule has 18 heavy (non-hydrogen) atoms. The topological polar surface area (TPSA) is 25.8 Å². The molecule has 2 rings (SSSR count). The first-order chi connectivity index (χ1) is 8.49. The summed E-state index contributed by atoms with van der Waals surface area (Å²) in [6, 6.07) is 4.43. The van der Waals surface area contributed by atoms with E-state index in [0.717, 1.165) is 16.8 Å². The van der Waals surface area contributed by atoms with Crippen LogP contribution >= 0.6 is 27.5 Å². The van der Waals surface area contributed by atoms with Gasteiger partial charge in [-0.3, -0.25) is 0 Å². The fourth-order valence-electron chi connectivity index (χ4n) is 1.67. The molecule has 1 aromatic carbocycles. The summed E-state index contributed by atoms with van der Waals surface area (Å²) in [7, 11) is 0. The second kappa shape index (κ2) is 5.33. The Morgan fingerprint density at radius 3 is 2.67 bits per heavy atom. The van der Waals surface area contributed by atoms with Gasteiger partial charge >= 0.3 is 0 Å². The van der Waals surface area contributed by atoms with Gasteiger partial charge in [0.25, 0.3) is 0 Å². The van der Waals surface area contributed by atoms with Gasteiger partial charge in [0.05, 0.1) is 5.38 Å². The maximum Gasteiger partial charge on any atom is 0.160 e. The van der Waals surface area contributed by atoms with Crippen molar-refractivity contribution in [3.05, 3.63) is 45.9 Å². The van der Waals surface area contributed by atoms with Crippen molar-refractivity contribution >= 4 is 27.5 Å². The number of hydrogen-bond donors (Lipinski definition) is 0. The highest BCUT2D eigenvalue weighted by Crippen LogP contribution is 2.28. The van der Waals surface area contributed by atoms with Crippen LogP contribution in [-0.4, -0.2) is 9.97 Å². The van der Waals surface area contributed by atoms with Crippen LogP contribution in [0.2, 0.25) is 0 Å². The Hall–Kier alpha value is -1.00. The molecular formula is C13H11BrClFN2. The van der Waals surface area contributed by atoms with Crippen LogP contribution in [0.1, 0.15) is 23.6 Å². The lowest BCUT2D eigenvalue weighted by Gasteiger charge is -2.09. The summed E-state index contributed by atoms with van der Waals surface area (Å²) >= 11 is 9.33. The highest BCUT2D eigenvalue weighted by atomic mass is 79.9. The van der Waals surface area contributed by atoms with Gasteiger partial charge in [0.2, 0.25) is 0 Å². The average molecular weight is 330 g/mol. The van der Waals surface area contributed by atoms with Crippen LogP contribution in [0.25, 0.3) is 11.4 Å². The molecule has 5 heteroatoms. The molecule has 1 aromatic heterocycles. The van der Waals surface area contributed by atoms with Crippen molar-refractivity contribution in [1.29, 1.82) is 0 Å². The van der Waals surface area contributed by atoms with Crippen molar-refractivity contribution in [1.82, 2.24) is 9.97 Å². The number of aromatic nitrogens is 2. The first-order valence-corrected chi connectivity index (χ1v) is 6.65. The van der Waals surface area contributed by atoms with E-state index in [4.69, 9.17) is 11.6 Å². The van der Waals surface area contributed by atoms with E-state index in [9.17, 15) is 4.39 Å². The van der Waals surface area contributed by atoms with Crippen LogP contribution in [-0.2, 0) is 0 Å². The highest BCUT2D eigenvalue weighted by molar-refractivity contribution is 9.10. The fourth-order valence-corrected chi connectivity index (χ4v) is 2.41. The standard InChI is InChI=1S/C13H11BrClFN2/c1-7(15)11-6-17-13(18-8(11)2)10-4-3-9(16)5-12(10)14/h3-7H,1-2H3. The quantitative estimate of drug-likeness (QED) is 0.749. The number of benzene rings is 1. The third-order valence-electron chi connectivity index (χ3n) is 2.62. The van der Waals surface area contributed by atoms with E-state index in [1.807, 2.05) is 13.8 Å². The Morgan fingerprint density at radius 1 is 1.39 bits per heavy atom. The van der Waals surface area contributed by atoms with Crippen LogP contribution in [0.15, 0.2) is 28.9 Å². The summed E-state index contributed by atoms with van der Waals surface area (Å²) in [6.45, 7) is 3.76. The van der Waals surface area contributed by atoms with E-state index in [-0.39, 0.29) is 11.2 Å². The largest absolute Gasteiger partial charge is 0.236 e. The number of nitrogens with zero attached hydrogens (tertiary/aromatic N) is 2. The fraction of sp³-hybridized carbons (Fsp3) is 0.231. The first kappa shape index (κ1) is 13.4. The molecule has 1 unspecified atom stereocenters. The van der Waals surface area contributed by atoms with Gasteiger partial charge in [-0.25, -0.2) is 14.4 Å². The Kier molecular flexibility index (Phi) is 3.97. The van der Waals surface area contributed by atoms with E-state index in [0.29, 0.717) is 10.3 Å². The maximum absolute atomic E-state index is 13.0. The summed E-state index contributed by atoms with van der Waals surface area (Å²) in [5.41, 5.74) is 2.49. The third-order valence-corrected chi connectivity index (χ3v) is 3.51. The molecule has 0 saturated heterocycles. The number of halogens is 3. The molecule has 0 aliphatic heterocycles. The smallest absolute Gasteiger partial charge is 0.160 e. The molecule has 0 saturated carbocycles. The number of hydrogen-bond acceptors (Lipinski definition) is 2. The lowest BCUT2D eigenvalue weighted by atomic mass is 10.1. The average Bonchev–Trinajstić information content (AvgIpc) is 2.28. The van der Waals surface area contributed by atoms with Gasteiger partial charge in [-0.1, -0.05) is 0 Å². The van der Waals surface area contributed by atoms with Gasteiger partial charge in [0.1, 0.15) is 5.82 Å². The molecule has 0 aliphatic rings. The van der Waals surface area contributed by atoms with Gasteiger partial charge in [-0.15, -0.1) is 11.6 Å². The predicted molar refractivity (Wildman–Crippen MR) is 74.1 cm³/mol. The zero-order chi connectivity index (χ0) is 13.3. The molecule has 2 nitrogen and oxygen atoms in total. The minimum Gasteiger partial charge on any atom is -0.236 e. The van der Waals surface area contributed by atoms with Crippen molar-refractivity contribution in [2.75, 3.05) is 0 Å². The molecule has 1 atom stereocenters. The summed E-state index contributed by atoms with van der Waals surface area (Å²) in [4.78, 5) is 8.68. The summed E-state index contributed by atoms with van der Waals surface area (Å²) in [6.07, 6.45) is 1.71. The summed E-state index contributed by atoms with van der Waals surface area (Å²) in [5, 5.41) is -0.129. The summed E-state index contributed by atoms with van der Waals surface area (Å²) in [5.74, 6) is 0.258. The van der Waals surface area contributed by atoms with Crippen LogP contribution in [0.5, 0.6) is 0 Å². The van der Waals surface area contributed by atoms with E-state index in [1.54, 1.807) is 12.3 Å². The molecular weight excluding hydrogens is 319 g/mol. The second-order valence-corrected chi connectivity index (χ2v) is 5.48. The Bertz CT molecular complexity index is 587. The lowest BCUT2D eigenvalue weighted by Crippen LogP contribution is -1.99. The highest BCUT2D eigenvalue weighted by Gasteiger charge is 2.11. The zero-order valence-corrected chi connectivity index (χ0v) is 12.3. The van der Waals surface area contributed by atoms with Crippen molar-refractivity contribution in [3.8, 4) is 11.4 Å². The molecule has 0 radical (unpaired) electrons. The predicted octanol–water partition coefficient (Wildman–Crippen LogP) is 4.65. The van der Waals surface area contributed by atoms with E-state index in [2.05, 4.69) is 25.9 Å². The molecule has 0 N–H and O–H groups in total. The Morgan fingerprint density at radius 2 is 2.11 bits per heavy atom. The SMILES string of the molecule is Cc1nc(-c2ccc(F)cc2Br)ncc1C(C)Cl. The number of rotatable bonds is 2. The van der Waals surface area contributed by atoms with Crippen molar-refractivity contribution in [2.24, 2.45) is 0 Å². The second-order valence-electron chi connectivity index (χ2n) is 3.97. The zero-order valence-electron chi connectivity index (χ0n) is 9.92.